The van der Waals surface area contributed by atoms with Gasteiger partial charge in [0.1, 0.15) is 5.82 Å². The van der Waals surface area contributed by atoms with Crippen molar-refractivity contribution in [3.8, 4) is 0 Å². The van der Waals surface area contributed by atoms with Crippen molar-refractivity contribution in [2.24, 2.45) is 11.8 Å². The van der Waals surface area contributed by atoms with Crippen LogP contribution in [0, 0.1) is 17.7 Å². The summed E-state index contributed by atoms with van der Waals surface area (Å²) in [6.45, 7) is 3.79. The van der Waals surface area contributed by atoms with Crippen LogP contribution in [0.1, 0.15) is 39.5 Å². The molecule has 2 unspecified atom stereocenters. The standard InChI is InChI=1S/C19H25FN2O5S/c1-12(2)17(22-28(26,27)15-8-6-14(20)7-9-15)16(23)11-13-5-3-4-10-21-19(25)18(13)24/h6-9,12-13,17,22H,3-5,10-11H2,1-2H3,(H,21,25). The molecular weight excluding hydrogens is 387 g/mol. The Morgan fingerprint density at radius 1 is 1.21 bits per heavy atom. The molecule has 7 nitrogen and oxygen atoms in total. The van der Waals surface area contributed by atoms with Gasteiger partial charge in [-0.2, -0.15) is 0 Å². The predicted octanol–water partition coefficient (Wildman–Crippen LogP) is 1.57. The van der Waals surface area contributed by atoms with Crippen LogP contribution in [0.3, 0.4) is 0 Å². The number of ketones is 2. The van der Waals surface area contributed by atoms with Gasteiger partial charge < -0.3 is 5.32 Å². The van der Waals surface area contributed by atoms with E-state index in [2.05, 4.69) is 10.0 Å². The lowest BCUT2D eigenvalue weighted by Gasteiger charge is -2.24. The monoisotopic (exact) mass is 412 g/mol. The van der Waals surface area contributed by atoms with Gasteiger partial charge in [-0.25, -0.2) is 17.5 Å². The molecule has 2 atom stereocenters. The molecule has 1 aromatic rings. The minimum atomic E-state index is -4.05. The lowest BCUT2D eigenvalue weighted by Crippen LogP contribution is -2.46. The predicted molar refractivity (Wildman–Crippen MR) is 100 cm³/mol. The Bertz CT molecular complexity index is 836. The Morgan fingerprint density at radius 2 is 1.86 bits per heavy atom. The molecule has 0 bridgehead atoms. The molecule has 2 rings (SSSR count). The number of carbonyl (C=O) groups excluding carboxylic acids is 3. The normalized spacial score (nSPS) is 19.6. The molecule has 0 radical (unpaired) electrons. The Kier molecular flexibility index (Phi) is 7.42. The van der Waals surface area contributed by atoms with E-state index in [1.165, 1.54) is 0 Å². The van der Waals surface area contributed by atoms with Crippen molar-refractivity contribution in [1.29, 1.82) is 0 Å². The van der Waals surface area contributed by atoms with Gasteiger partial charge in [0, 0.05) is 18.9 Å². The third-order valence-electron chi connectivity index (χ3n) is 4.73. The number of sulfonamides is 1. The second-order valence-electron chi connectivity index (χ2n) is 7.28. The van der Waals surface area contributed by atoms with Crippen molar-refractivity contribution in [3.63, 3.8) is 0 Å². The zero-order valence-corrected chi connectivity index (χ0v) is 16.7. The fraction of sp³-hybridized carbons (Fsp3) is 0.526. The fourth-order valence-corrected chi connectivity index (χ4v) is 4.48. The number of rotatable bonds is 7. The number of benzene rings is 1. The van der Waals surface area contributed by atoms with Gasteiger partial charge >= 0.3 is 0 Å². The molecule has 0 aliphatic carbocycles. The van der Waals surface area contributed by atoms with E-state index in [-0.39, 0.29) is 17.2 Å². The van der Waals surface area contributed by atoms with Crippen LogP contribution in [0.15, 0.2) is 29.2 Å². The maximum absolute atomic E-state index is 13.1. The van der Waals surface area contributed by atoms with Crippen molar-refractivity contribution >= 4 is 27.5 Å². The molecule has 1 fully saturated rings. The summed E-state index contributed by atoms with van der Waals surface area (Å²) in [6, 6.07) is 3.21. The first-order valence-electron chi connectivity index (χ1n) is 9.24. The summed E-state index contributed by atoms with van der Waals surface area (Å²) in [6.07, 6.45) is 1.61. The highest BCUT2D eigenvalue weighted by Crippen LogP contribution is 2.20. The topological polar surface area (TPSA) is 109 Å². The van der Waals surface area contributed by atoms with Gasteiger partial charge in [-0.05, 0) is 43.0 Å². The maximum Gasteiger partial charge on any atom is 0.287 e. The second-order valence-corrected chi connectivity index (χ2v) is 8.99. The van der Waals surface area contributed by atoms with E-state index in [4.69, 9.17) is 0 Å². The summed E-state index contributed by atoms with van der Waals surface area (Å²) in [5.41, 5.74) is 0. The van der Waals surface area contributed by atoms with Crippen LogP contribution in [-0.2, 0) is 24.4 Å². The van der Waals surface area contributed by atoms with E-state index in [1.54, 1.807) is 13.8 Å². The highest BCUT2D eigenvalue weighted by molar-refractivity contribution is 7.89. The van der Waals surface area contributed by atoms with Crippen molar-refractivity contribution in [2.45, 2.75) is 50.5 Å². The maximum atomic E-state index is 13.1. The Morgan fingerprint density at radius 3 is 2.46 bits per heavy atom. The van der Waals surface area contributed by atoms with Crippen LogP contribution >= 0.6 is 0 Å². The smallest absolute Gasteiger partial charge is 0.287 e. The summed E-state index contributed by atoms with van der Waals surface area (Å²) in [7, 11) is -4.05. The molecular formula is C19H25FN2O5S. The molecule has 1 aliphatic rings. The van der Waals surface area contributed by atoms with Gasteiger partial charge in [0.2, 0.25) is 15.8 Å². The SMILES string of the molecule is CC(C)C(NS(=O)(=O)c1ccc(F)cc1)C(=O)CC1CCCCNC(=O)C1=O. The molecule has 0 aromatic heterocycles. The van der Waals surface area contributed by atoms with Crippen molar-refractivity contribution in [1.82, 2.24) is 10.0 Å². The Hall–Kier alpha value is -2.13. The molecule has 0 saturated carbocycles. The number of hydrogen-bond donors (Lipinski definition) is 2. The van der Waals surface area contributed by atoms with Gasteiger partial charge in [0.15, 0.2) is 5.78 Å². The van der Waals surface area contributed by atoms with Gasteiger partial charge in [0.05, 0.1) is 10.9 Å². The first-order chi connectivity index (χ1) is 13.1. The molecule has 1 saturated heterocycles. The van der Waals surface area contributed by atoms with Gasteiger partial charge in [-0.3, -0.25) is 14.4 Å². The first kappa shape index (κ1) is 22.2. The summed E-state index contributed by atoms with van der Waals surface area (Å²) in [5, 5.41) is 2.51. The van der Waals surface area contributed by atoms with Crippen LogP contribution in [0.4, 0.5) is 4.39 Å². The van der Waals surface area contributed by atoms with Crippen LogP contribution in [0.25, 0.3) is 0 Å². The van der Waals surface area contributed by atoms with Crippen LogP contribution in [0.5, 0.6) is 0 Å². The molecule has 1 amide bonds. The minimum absolute atomic E-state index is 0.159. The molecule has 1 heterocycles. The summed E-state index contributed by atoms with van der Waals surface area (Å²) in [4.78, 5) is 36.7. The Balaban J connectivity index is 2.16. The molecule has 1 aliphatic heterocycles. The lowest BCUT2D eigenvalue weighted by molar-refractivity contribution is -0.141. The lowest BCUT2D eigenvalue weighted by atomic mass is 9.86. The zero-order valence-electron chi connectivity index (χ0n) is 15.9. The van der Waals surface area contributed by atoms with Gasteiger partial charge in [0.25, 0.3) is 5.91 Å². The molecule has 9 heteroatoms. The van der Waals surface area contributed by atoms with E-state index >= 15 is 0 Å². The molecule has 28 heavy (non-hydrogen) atoms. The number of amides is 1. The first-order valence-corrected chi connectivity index (χ1v) is 10.7. The van der Waals surface area contributed by atoms with Gasteiger partial charge in [-0.15, -0.1) is 0 Å². The highest BCUT2D eigenvalue weighted by Gasteiger charge is 2.33. The number of nitrogens with one attached hydrogen (secondary N) is 2. The van der Waals surface area contributed by atoms with Crippen LogP contribution in [0.2, 0.25) is 0 Å². The quantitative estimate of drug-likeness (QED) is 0.661. The molecule has 154 valence electrons. The average Bonchev–Trinajstić information content (AvgIpc) is 2.63. The van der Waals surface area contributed by atoms with E-state index in [9.17, 15) is 27.2 Å². The van der Waals surface area contributed by atoms with Gasteiger partial charge in [-0.1, -0.05) is 20.3 Å². The average molecular weight is 412 g/mol. The van der Waals surface area contributed by atoms with Crippen LogP contribution < -0.4 is 10.0 Å². The van der Waals surface area contributed by atoms with Crippen molar-refractivity contribution in [3.05, 3.63) is 30.1 Å². The summed E-state index contributed by atoms with van der Waals surface area (Å²) < 4.78 is 40.5. The molecule has 0 spiro atoms. The Labute approximate surface area is 164 Å². The van der Waals surface area contributed by atoms with Crippen molar-refractivity contribution in [2.75, 3.05) is 6.54 Å². The third-order valence-corrected chi connectivity index (χ3v) is 6.18. The molecule has 2 N–H and O–H groups in total. The second kappa shape index (κ2) is 9.38. The minimum Gasteiger partial charge on any atom is -0.349 e. The highest BCUT2D eigenvalue weighted by atomic mass is 32.2. The van der Waals surface area contributed by atoms with E-state index in [0.29, 0.717) is 25.8 Å². The van der Waals surface area contributed by atoms with Crippen molar-refractivity contribution < 1.29 is 27.2 Å². The summed E-state index contributed by atoms with van der Waals surface area (Å²) >= 11 is 0. The number of halogens is 1. The third kappa shape index (κ3) is 5.68. The van der Waals surface area contributed by atoms with E-state index in [0.717, 1.165) is 24.3 Å². The van der Waals surface area contributed by atoms with E-state index in [1.807, 2.05) is 0 Å². The zero-order chi connectivity index (χ0) is 20.9. The van der Waals surface area contributed by atoms with Crippen LogP contribution in [-0.4, -0.2) is 38.5 Å². The number of Topliss-reactive ketones (excluding diaryl/α,β-unsaturated/α-hetero) is 2. The fourth-order valence-electron chi connectivity index (χ4n) is 3.11. The van der Waals surface area contributed by atoms with E-state index < -0.39 is 45.3 Å². The largest absolute Gasteiger partial charge is 0.349 e. The summed E-state index contributed by atoms with van der Waals surface area (Å²) in [5.74, 6) is -3.50. The number of carbonyl (C=O) groups is 3. The molecule has 1 aromatic carbocycles. The number of hydrogen-bond acceptors (Lipinski definition) is 5.